The third kappa shape index (κ3) is 2.37. The molecule has 5 heteroatoms. The van der Waals surface area contributed by atoms with E-state index in [1.807, 2.05) is 0 Å². The molecule has 98 valence electrons. The Kier molecular flexibility index (Phi) is 3.73. The zero-order chi connectivity index (χ0) is 13.4. The van der Waals surface area contributed by atoms with Crippen LogP contribution < -0.4 is 0 Å². The first kappa shape index (κ1) is 13.3. The molecule has 1 atom stereocenters. The van der Waals surface area contributed by atoms with Gasteiger partial charge in [-0.15, -0.1) is 0 Å². The third-order valence-corrected chi connectivity index (χ3v) is 5.07. The summed E-state index contributed by atoms with van der Waals surface area (Å²) in [5.74, 6) is 1.07. The van der Waals surface area contributed by atoms with Gasteiger partial charge in [0.1, 0.15) is 11.0 Å². The molecular formula is C14H12ClIN2O. The quantitative estimate of drug-likeness (QED) is 0.597. The van der Waals surface area contributed by atoms with E-state index in [0.717, 1.165) is 21.5 Å². The molecule has 0 radical (unpaired) electrons. The van der Waals surface area contributed by atoms with Crippen molar-refractivity contribution in [2.24, 2.45) is 0 Å². The fraction of sp³-hybridized carbons (Fsp3) is 0.286. The Bertz CT molecular complexity index is 633. The summed E-state index contributed by atoms with van der Waals surface area (Å²) < 4.78 is 6.04. The van der Waals surface area contributed by atoms with Gasteiger partial charge in [0.25, 0.3) is 0 Å². The van der Waals surface area contributed by atoms with Gasteiger partial charge in [-0.05, 0) is 40.1 Å². The van der Waals surface area contributed by atoms with E-state index in [4.69, 9.17) is 16.3 Å². The van der Waals surface area contributed by atoms with Crippen molar-refractivity contribution in [1.29, 1.82) is 0 Å². The van der Waals surface area contributed by atoms with E-state index in [0.29, 0.717) is 11.8 Å². The highest BCUT2D eigenvalue weighted by molar-refractivity contribution is 14.1. The van der Waals surface area contributed by atoms with Crippen LogP contribution in [0.3, 0.4) is 0 Å². The van der Waals surface area contributed by atoms with Crippen molar-refractivity contribution < 1.29 is 4.74 Å². The van der Waals surface area contributed by atoms with Crippen LogP contribution in [0.5, 0.6) is 0 Å². The van der Waals surface area contributed by atoms with Gasteiger partial charge in [0.2, 0.25) is 0 Å². The van der Waals surface area contributed by atoms with Crippen LogP contribution in [0.1, 0.15) is 28.6 Å². The molecule has 1 aromatic heterocycles. The fourth-order valence-corrected chi connectivity index (χ4v) is 2.95. The molecule has 19 heavy (non-hydrogen) atoms. The molecule has 1 aliphatic rings. The van der Waals surface area contributed by atoms with Crippen molar-refractivity contribution >= 4 is 34.2 Å². The third-order valence-electron chi connectivity index (χ3n) is 3.34. The van der Waals surface area contributed by atoms with Crippen LogP contribution in [0.2, 0.25) is 5.15 Å². The highest BCUT2D eigenvalue weighted by atomic mass is 127. The first-order valence-electron chi connectivity index (χ1n) is 5.99. The largest absolute Gasteiger partial charge is 0.378 e. The van der Waals surface area contributed by atoms with Crippen LogP contribution in [0.25, 0.3) is 0 Å². The minimum atomic E-state index is 0.265. The molecule has 1 heterocycles. The lowest BCUT2D eigenvalue weighted by Crippen LogP contribution is -2.21. The van der Waals surface area contributed by atoms with Crippen LogP contribution in [0.4, 0.5) is 0 Å². The molecule has 1 aromatic carbocycles. The normalized spacial score (nSPS) is 16.9. The Morgan fingerprint density at radius 3 is 2.89 bits per heavy atom. The second kappa shape index (κ2) is 5.34. The number of halogens is 2. The minimum absolute atomic E-state index is 0.265. The highest BCUT2D eigenvalue weighted by Gasteiger charge is 2.30. The minimum Gasteiger partial charge on any atom is -0.378 e. The summed E-state index contributed by atoms with van der Waals surface area (Å²) >= 11 is 8.35. The van der Waals surface area contributed by atoms with Crippen molar-refractivity contribution in [3.63, 3.8) is 0 Å². The number of fused-ring (bicyclic) bond motifs is 1. The molecule has 0 amide bonds. The first-order valence-corrected chi connectivity index (χ1v) is 7.45. The topological polar surface area (TPSA) is 35.0 Å². The van der Waals surface area contributed by atoms with Crippen LogP contribution in [0.15, 0.2) is 24.3 Å². The van der Waals surface area contributed by atoms with Gasteiger partial charge in [-0.3, -0.25) is 0 Å². The second-order valence-electron chi connectivity index (χ2n) is 4.52. The van der Waals surface area contributed by atoms with Crippen molar-refractivity contribution in [2.75, 3.05) is 7.11 Å². The van der Waals surface area contributed by atoms with E-state index < -0.39 is 0 Å². The molecule has 0 saturated heterocycles. The number of ether oxygens (including phenoxy) is 1. The monoisotopic (exact) mass is 386 g/mol. The summed E-state index contributed by atoms with van der Waals surface area (Å²) in [6.45, 7) is 0.460. The molecule has 2 aromatic rings. The number of methoxy groups -OCH3 is 1. The lowest BCUT2D eigenvalue weighted by Gasteiger charge is -2.29. The smallest absolute Gasteiger partial charge is 0.146 e. The van der Waals surface area contributed by atoms with Crippen molar-refractivity contribution in [1.82, 2.24) is 9.97 Å². The fourth-order valence-electron chi connectivity index (χ4n) is 2.36. The zero-order valence-electron chi connectivity index (χ0n) is 10.4. The Morgan fingerprint density at radius 1 is 1.37 bits per heavy atom. The first-order chi connectivity index (χ1) is 9.20. The number of nitrogens with zero attached hydrogens (tertiary/aromatic N) is 2. The predicted molar refractivity (Wildman–Crippen MR) is 82.5 cm³/mol. The van der Waals surface area contributed by atoms with Gasteiger partial charge in [0, 0.05) is 13.0 Å². The molecule has 1 unspecified atom stereocenters. The number of hydrogen-bond acceptors (Lipinski definition) is 3. The van der Waals surface area contributed by atoms with Crippen LogP contribution >= 0.6 is 34.2 Å². The summed E-state index contributed by atoms with van der Waals surface area (Å²) in [5.41, 5.74) is 3.55. The molecule has 0 N–H and O–H groups in total. The van der Waals surface area contributed by atoms with E-state index in [1.54, 1.807) is 7.11 Å². The Morgan fingerprint density at radius 2 is 2.16 bits per heavy atom. The Balaban J connectivity index is 1.99. The summed E-state index contributed by atoms with van der Waals surface area (Å²) in [6, 6.07) is 8.40. The van der Waals surface area contributed by atoms with Gasteiger partial charge >= 0.3 is 0 Å². The molecule has 3 nitrogen and oxygen atoms in total. The molecule has 0 fully saturated rings. The maximum absolute atomic E-state index is 6.19. The number of aromatic nitrogens is 2. The molecule has 0 saturated carbocycles. The van der Waals surface area contributed by atoms with E-state index in [2.05, 4.69) is 56.8 Å². The SMILES string of the molecule is COCc1nc(C2Cc3ccccc32)nc(Cl)c1I. The lowest BCUT2D eigenvalue weighted by molar-refractivity contribution is 0.180. The zero-order valence-corrected chi connectivity index (χ0v) is 13.3. The average molecular weight is 387 g/mol. The van der Waals surface area contributed by atoms with Gasteiger partial charge in [-0.25, -0.2) is 9.97 Å². The predicted octanol–water partition coefficient (Wildman–Crippen LogP) is 3.57. The molecule has 3 rings (SSSR count). The standard InChI is InChI=1S/C14H12ClIN2O/c1-19-7-11-12(16)13(15)18-14(17-11)10-6-8-4-2-3-5-9(8)10/h2-5,10H,6-7H2,1H3. The van der Waals surface area contributed by atoms with Gasteiger partial charge < -0.3 is 4.74 Å². The van der Waals surface area contributed by atoms with Gasteiger partial charge in [-0.1, -0.05) is 35.9 Å². The van der Waals surface area contributed by atoms with E-state index in [9.17, 15) is 0 Å². The van der Waals surface area contributed by atoms with Crippen LogP contribution in [0, 0.1) is 3.57 Å². The van der Waals surface area contributed by atoms with Crippen molar-refractivity contribution in [2.45, 2.75) is 18.9 Å². The summed E-state index contributed by atoms with van der Waals surface area (Å²) in [5, 5.41) is 0.516. The van der Waals surface area contributed by atoms with Crippen LogP contribution in [-0.4, -0.2) is 17.1 Å². The molecule has 0 aliphatic heterocycles. The van der Waals surface area contributed by atoms with Crippen molar-refractivity contribution in [3.05, 3.63) is 55.6 Å². The van der Waals surface area contributed by atoms with Gasteiger partial charge in [-0.2, -0.15) is 0 Å². The van der Waals surface area contributed by atoms with Crippen LogP contribution in [-0.2, 0) is 17.8 Å². The Labute approximate surface area is 130 Å². The molecule has 0 spiro atoms. The summed E-state index contributed by atoms with van der Waals surface area (Å²) in [4.78, 5) is 9.04. The summed E-state index contributed by atoms with van der Waals surface area (Å²) in [6.07, 6.45) is 0.986. The van der Waals surface area contributed by atoms with Gasteiger partial charge in [0.15, 0.2) is 0 Å². The number of hydrogen-bond donors (Lipinski definition) is 0. The highest BCUT2D eigenvalue weighted by Crippen LogP contribution is 2.39. The number of rotatable bonds is 3. The van der Waals surface area contributed by atoms with E-state index >= 15 is 0 Å². The molecule has 1 aliphatic carbocycles. The molecule has 0 bridgehead atoms. The maximum Gasteiger partial charge on any atom is 0.146 e. The van der Waals surface area contributed by atoms with Crippen molar-refractivity contribution in [3.8, 4) is 0 Å². The summed E-state index contributed by atoms with van der Waals surface area (Å²) in [7, 11) is 1.66. The molecular weight excluding hydrogens is 375 g/mol. The van der Waals surface area contributed by atoms with E-state index in [-0.39, 0.29) is 5.92 Å². The maximum atomic E-state index is 6.19. The lowest BCUT2D eigenvalue weighted by atomic mass is 9.77. The Hall–Kier alpha value is -0.720. The number of benzene rings is 1. The second-order valence-corrected chi connectivity index (χ2v) is 5.96. The van der Waals surface area contributed by atoms with E-state index in [1.165, 1.54) is 11.1 Å². The average Bonchev–Trinajstić information content (AvgIpc) is 2.37. The van der Waals surface area contributed by atoms with Gasteiger partial charge in [0.05, 0.1) is 15.9 Å².